The Hall–Kier alpha value is -1.77. The summed E-state index contributed by atoms with van der Waals surface area (Å²) in [6.45, 7) is 21.5. The van der Waals surface area contributed by atoms with Gasteiger partial charge in [-0.3, -0.25) is 14.4 Å². The van der Waals surface area contributed by atoms with Crippen molar-refractivity contribution in [3.63, 3.8) is 0 Å². The minimum absolute atomic E-state index is 0.0460. The second-order valence-electron chi connectivity index (χ2n) is 12.4. The van der Waals surface area contributed by atoms with Crippen molar-refractivity contribution in [3.8, 4) is 0 Å². The zero-order chi connectivity index (χ0) is 27.0. The van der Waals surface area contributed by atoms with Crippen LogP contribution in [-0.4, -0.2) is 17.3 Å². The molecule has 0 heterocycles. The van der Waals surface area contributed by atoms with Gasteiger partial charge >= 0.3 is 0 Å². The van der Waals surface area contributed by atoms with Gasteiger partial charge in [0.05, 0.1) is 6.42 Å². The van der Waals surface area contributed by atoms with Gasteiger partial charge in [-0.05, 0) is 66.9 Å². The van der Waals surface area contributed by atoms with Crippen molar-refractivity contribution in [2.75, 3.05) is 0 Å². The third-order valence-corrected chi connectivity index (χ3v) is 8.68. The van der Waals surface area contributed by atoms with E-state index in [9.17, 15) is 14.4 Å². The Labute approximate surface area is 215 Å². The average molecular weight is 485 g/mol. The number of benzene rings is 1. The molecule has 0 N–H and O–H groups in total. The number of aryl methyl sites for hydroxylation is 1. The molecule has 0 saturated carbocycles. The van der Waals surface area contributed by atoms with Crippen molar-refractivity contribution in [2.45, 2.75) is 121 Å². The van der Waals surface area contributed by atoms with E-state index in [1.807, 2.05) is 26.0 Å². The summed E-state index contributed by atoms with van der Waals surface area (Å²) in [6, 6.07) is 6.10. The number of hydrogen-bond donors (Lipinski definition) is 0. The van der Waals surface area contributed by atoms with Gasteiger partial charge in [0.15, 0.2) is 5.78 Å². The summed E-state index contributed by atoms with van der Waals surface area (Å²) in [6.07, 6.45) is 6.47. The van der Waals surface area contributed by atoms with Crippen LogP contribution in [0.25, 0.3) is 0 Å². The van der Waals surface area contributed by atoms with Gasteiger partial charge < -0.3 is 0 Å². The highest BCUT2D eigenvalue weighted by atomic mass is 16.1. The first-order valence-corrected chi connectivity index (χ1v) is 13.8. The Morgan fingerprint density at radius 3 is 2.11 bits per heavy atom. The molecule has 0 aromatic heterocycles. The third kappa shape index (κ3) is 8.99. The Morgan fingerprint density at radius 2 is 1.66 bits per heavy atom. The third-order valence-electron chi connectivity index (χ3n) is 8.68. The molecule has 1 aromatic carbocycles. The lowest BCUT2D eigenvalue weighted by Crippen LogP contribution is -2.29. The van der Waals surface area contributed by atoms with Gasteiger partial charge in [0.2, 0.25) is 0 Å². The van der Waals surface area contributed by atoms with Crippen LogP contribution in [0.4, 0.5) is 0 Å². The highest BCUT2D eigenvalue weighted by molar-refractivity contribution is 6.00. The summed E-state index contributed by atoms with van der Waals surface area (Å²) in [7, 11) is 0. The summed E-state index contributed by atoms with van der Waals surface area (Å²) in [5.74, 6) is 0.770. The summed E-state index contributed by atoms with van der Waals surface area (Å²) >= 11 is 0. The largest absolute Gasteiger partial charge is 0.300 e. The predicted octanol–water partition coefficient (Wildman–Crippen LogP) is 8.59. The molecule has 3 nitrogen and oxygen atoms in total. The van der Waals surface area contributed by atoms with Crippen molar-refractivity contribution in [1.82, 2.24) is 0 Å². The first kappa shape index (κ1) is 31.3. The van der Waals surface area contributed by atoms with Crippen molar-refractivity contribution >= 4 is 17.3 Å². The maximum absolute atomic E-state index is 12.7. The first-order chi connectivity index (χ1) is 16.2. The van der Waals surface area contributed by atoms with Crippen LogP contribution in [-0.2, 0) is 16.0 Å². The Kier molecular flexibility index (Phi) is 12.1. The topological polar surface area (TPSA) is 51.2 Å². The van der Waals surface area contributed by atoms with E-state index in [1.54, 1.807) is 0 Å². The SMILES string of the molecule is CCC(C)(C)C(C)(C)C.CCCC(CC1CC(=O)c2c(C)cccc2C1)C(CC)C(=O)CC(C)=O. The summed E-state index contributed by atoms with van der Waals surface area (Å²) in [4.78, 5) is 36.6. The van der Waals surface area contributed by atoms with E-state index in [2.05, 4.69) is 54.5 Å². The molecule has 0 bridgehead atoms. The molecule has 2 rings (SSSR count). The monoisotopic (exact) mass is 484 g/mol. The molecule has 1 aliphatic carbocycles. The van der Waals surface area contributed by atoms with Crippen LogP contribution in [0.2, 0.25) is 0 Å². The quantitative estimate of drug-likeness (QED) is 0.312. The molecule has 1 aromatic rings. The van der Waals surface area contributed by atoms with Gasteiger partial charge in [0, 0.05) is 17.9 Å². The Bertz CT molecular complexity index is 856. The smallest absolute Gasteiger partial charge is 0.163 e. The van der Waals surface area contributed by atoms with E-state index in [4.69, 9.17) is 0 Å². The molecule has 0 amide bonds. The van der Waals surface area contributed by atoms with E-state index in [0.29, 0.717) is 23.2 Å². The lowest BCUT2D eigenvalue weighted by Gasteiger charge is -2.37. The molecule has 0 fully saturated rings. The lowest BCUT2D eigenvalue weighted by molar-refractivity contribution is -0.129. The van der Waals surface area contributed by atoms with E-state index in [1.165, 1.54) is 13.3 Å². The van der Waals surface area contributed by atoms with Crippen LogP contribution in [0.3, 0.4) is 0 Å². The van der Waals surface area contributed by atoms with Crippen molar-refractivity contribution in [3.05, 3.63) is 34.9 Å². The lowest BCUT2D eigenvalue weighted by atomic mass is 9.68. The molecule has 1 aliphatic rings. The highest BCUT2D eigenvalue weighted by Crippen LogP contribution is 2.40. The van der Waals surface area contributed by atoms with Gasteiger partial charge in [-0.25, -0.2) is 0 Å². The minimum Gasteiger partial charge on any atom is -0.300 e. The number of carbonyl (C=O) groups is 3. The number of rotatable bonds is 10. The molecule has 198 valence electrons. The van der Waals surface area contributed by atoms with Crippen LogP contribution >= 0.6 is 0 Å². The van der Waals surface area contributed by atoms with Gasteiger partial charge in [0.1, 0.15) is 11.6 Å². The highest BCUT2D eigenvalue weighted by Gasteiger charge is 2.33. The van der Waals surface area contributed by atoms with Crippen LogP contribution < -0.4 is 0 Å². The van der Waals surface area contributed by atoms with Crippen molar-refractivity contribution in [2.24, 2.45) is 28.6 Å². The normalized spacial score (nSPS) is 17.7. The fraction of sp³-hybridized carbons (Fsp3) is 0.719. The summed E-state index contributed by atoms with van der Waals surface area (Å²) < 4.78 is 0. The molecule has 0 saturated heterocycles. The summed E-state index contributed by atoms with van der Waals surface area (Å²) in [5.41, 5.74) is 4.06. The molecular weight excluding hydrogens is 432 g/mol. The predicted molar refractivity (Wildman–Crippen MR) is 148 cm³/mol. The molecular formula is C32H52O3. The zero-order valence-electron chi connectivity index (χ0n) is 24.3. The molecule has 0 radical (unpaired) electrons. The maximum atomic E-state index is 12.7. The van der Waals surface area contributed by atoms with Crippen molar-refractivity contribution in [1.29, 1.82) is 0 Å². The molecule has 0 aliphatic heterocycles. The minimum atomic E-state index is -0.0622. The summed E-state index contributed by atoms with van der Waals surface area (Å²) in [5, 5.41) is 0. The van der Waals surface area contributed by atoms with Gasteiger partial charge in [-0.2, -0.15) is 0 Å². The molecule has 3 heteroatoms. The standard InChI is InChI=1S/C23H32O3.C9H20/c1-5-8-18(20(6-2)21(25)11-16(4)24)12-17-13-19-10-7-9-15(3)23(19)22(26)14-17;1-7-9(5,6)8(2,3)4/h7,9-10,17-18,20H,5-6,8,11-14H2,1-4H3;7H2,1-6H3. The van der Waals surface area contributed by atoms with E-state index in [-0.39, 0.29) is 35.6 Å². The fourth-order valence-corrected chi connectivity index (χ4v) is 5.22. The second kappa shape index (κ2) is 13.5. The number of carbonyl (C=O) groups excluding carboxylic acids is 3. The van der Waals surface area contributed by atoms with Crippen LogP contribution in [0.15, 0.2) is 18.2 Å². The van der Waals surface area contributed by atoms with Crippen LogP contribution in [0, 0.1) is 35.5 Å². The fourth-order valence-electron chi connectivity index (χ4n) is 5.22. The van der Waals surface area contributed by atoms with E-state index < -0.39 is 0 Å². The maximum Gasteiger partial charge on any atom is 0.163 e. The first-order valence-electron chi connectivity index (χ1n) is 13.8. The van der Waals surface area contributed by atoms with E-state index in [0.717, 1.165) is 48.8 Å². The number of Topliss-reactive ketones (excluding diaryl/α,β-unsaturated/α-hetero) is 3. The zero-order valence-corrected chi connectivity index (χ0v) is 24.3. The Balaban J connectivity index is 0.000000579. The van der Waals surface area contributed by atoms with E-state index >= 15 is 0 Å². The van der Waals surface area contributed by atoms with Crippen LogP contribution in [0.1, 0.15) is 129 Å². The molecule has 3 unspecified atom stereocenters. The molecule has 0 spiro atoms. The second-order valence-corrected chi connectivity index (χ2v) is 12.4. The molecule has 3 atom stereocenters. The van der Waals surface area contributed by atoms with Crippen LogP contribution in [0.5, 0.6) is 0 Å². The molecule has 35 heavy (non-hydrogen) atoms. The van der Waals surface area contributed by atoms with Gasteiger partial charge in [-0.15, -0.1) is 0 Å². The average Bonchev–Trinajstić information content (AvgIpc) is 2.73. The van der Waals surface area contributed by atoms with Gasteiger partial charge in [-0.1, -0.05) is 92.9 Å². The number of ketones is 3. The Morgan fingerprint density at radius 1 is 1.03 bits per heavy atom. The van der Waals surface area contributed by atoms with Gasteiger partial charge in [0.25, 0.3) is 0 Å². The number of fused-ring (bicyclic) bond motifs is 1. The van der Waals surface area contributed by atoms with Crippen molar-refractivity contribution < 1.29 is 14.4 Å². The number of hydrogen-bond acceptors (Lipinski definition) is 3.